The number of hydrogen-bond acceptors (Lipinski definition) is 6. The second-order valence-corrected chi connectivity index (χ2v) is 9.02. The molecule has 0 saturated carbocycles. The van der Waals surface area contributed by atoms with Crippen molar-refractivity contribution in [1.82, 2.24) is 0 Å². The highest BCUT2D eigenvalue weighted by Gasteiger charge is 2.27. The molecule has 4 rings (SSSR count). The summed E-state index contributed by atoms with van der Waals surface area (Å²) in [5.41, 5.74) is 1.02. The Labute approximate surface area is 194 Å². The molecule has 0 aromatic heterocycles. The minimum atomic E-state index is -4.38. The largest absolute Gasteiger partial charge is 0.457 e. The third-order valence-corrected chi connectivity index (χ3v) is 6.58. The number of sulfone groups is 1. The summed E-state index contributed by atoms with van der Waals surface area (Å²) in [7, 11) is -4.38. The Balaban J connectivity index is 1.59. The van der Waals surface area contributed by atoms with Gasteiger partial charge in [-0.2, -0.15) is 0 Å². The van der Waals surface area contributed by atoms with Crippen LogP contribution in [0, 0.1) is 15.9 Å². The number of halogens is 1. The molecule has 0 spiro atoms. The number of non-ortho nitro benzene ring substituents is 1. The van der Waals surface area contributed by atoms with Crippen LogP contribution in [0.2, 0.25) is 0 Å². The van der Waals surface area contributed by atoms with E-state index in [9.17, 15) is 27.7 Å². The summed E-state index contributed by atoms with van der Waals surface area (Å²) in [5, 5.41) is 9.65. The molecular weight excluding hydrogens is 461 g/mol. The molecule has 0 bridgehead atoms. The maximum Gasteiger partial charge on any atom is 0.281 e. The van der Waals surface area contributed by atoms with Crippen LogP contribution in [0.15, 0.2) is 102 Å². The highest BCUT2D eigenvalue weighted by Crippen LogP contribution is 2.33. The number of hydrogen-bond donors (Lipinski definition) is 0. The van der Waals surface area contributed by atoms with Gasteiger partial charge in [0.25, 0.3) is 10.8 Å². The molecule has 0 unspecified atom stereocenters. The van der Waals surface area contributed by atoms with E-state index < -0.39 is 19.9 Å². The van der Waals surface area contributed by atoms with Crippen LogP contribution in [0.1, 0.15) is 10.4 Å². The second-order valence-electron chi connectivity index (χ2n) is 7.17. The van der Waals surface area contributed by atoms with Crippen molar-refractivity contribution in [3.05, 3.63) is 119 Å². The molecule has 0 amide bonds. The molecule has 170 valence electrons. The zero-order valence-electron chi connectivity index (χ0n) is 17.4. The summed E-state index contributed by atoms with van der Waals surface area (Å²) < 4.78 is 44.4. The van der Waals surface area contributed by atoms with Gasteiger partial charge < -0.3 is 4.74 Å². The SMILES string of the molecule is O=C(c1ccc(-c2ccccc2Oc2ccc(F)cc2)cc1)S(=O)(=O)c1ccc([N+](=O)[O-])cc1. The summed E-state index contributed by atoms with van der Waals surface area (Å²) in [6.07, 6.45) is 0. The van der Waals surface area contributed by atoms with Crippen LogP contribution < -0.4 is 4.74 Å². The molecule has 4 aromatic carbocycles. The number of carbonyl (C=O) groups is 1. The van der Waals surface area contributed by atoms with Crippen molar-refractivity contribution in [1.29, 1.82) is 0 Å². The Hall–Kier alpha value is -4.37. The number of nitrogens with zero attached hydrogens (tertiary/aromatic N) is 1. The van der Waals surface area contributed by atoms with Gasteiger partial charge in [0, 0.05) is 23.3 Å². The van der Waals surface area contributed by atoms with Gasteiger partial charge in [-0.05, 0) is 60.2 Å². The lowest BCUT2D eigenvalue weighted by atomic mass is 10.0. The molecule has 0 aliphatic heterocycles. The minimum Gasteiger partial charge on any atom is -0.457 e. The van der Waals surface area contributed by atoms with Gasteiger partial charge in [-0.15, -0.1) is 0 Å². The lowest BCUT2D eigenvalue weighted by Crippen LogP contribution is -2.15. The van der Waals surface area contributed by atoms with Crippen molar-refractivity contribution in [2.24, 2.45) is 0 Å². The molecule has 0 aliphatic rings. The second kappa shape index (κ2) is 9.24. The standard InChI is InChI=1S/C25H16FNO6S/c26-19-9-13-21(14-10-19)33-24-4-2-1-3-23(24)17-5-7-18(8-6-17)25(28)34(31,32)22-15-11-20(12-16-22)27(29)30/h1-16H. The molecule has 9 heteroatoms. The van der Waals surface area contributed by atoms with Gasteiger partial charge >= 0.3 is 0 Å². The molecule has 0 N–H and O–H groups in total. The number of benzene rings is 4. The quantitative estimate of drug-likeness (QED) is 0.257. The molecular formula is C25H16FNO6S. The van der Waals surface area contributed by atoms with E-state index in [1.807, 2.05) is 0 Å². The van der Waals surface area contributed by atoms with Gasteiger partial charge in [0.1, 0.15) is 17.3 Å². The van der Waals surface area contributed by atoms with E-state index in [0.29, 0.717) is 22.6 Å². The zero-order valence-corrected chi connectivity index (χ0v) is 18.2. The molecule has 0 fully saturated rings. The van der Waals surface area contributed by atoms with Gasteiger partial charge in [0.15, 0.2) is 0 Å². The number of rotatable bonds is 6. The number of nitro benzene ring substituents is 1. The monoisotopic (exact) mass is 477 g/mol. The van der Waals surface area contributed by atoms with E-state index >= 15 is 0 Å². The highest BCUT2D eigenvalue weighted by molar-refractivity contribution is 8.06. The first-order valence-electron chi connectivity index (χ1n) is 9.92. The zero-order chi connectivity index (χ0) is 24.3. The average Bonchev–Trinajstić information content (AvgIpc) is 2.85. The summed E-state index contributed by atoms with van der Waals surface area (Å²) in [6.45, 7) is 0. The Morgan fingerprint density at radius 1 is 0.824 bits per heavy atom. The van der Waals surface area contributed by atoms with Crippen molar-refractivity contribution in [2.45, 2.75) is 4.90 Å². The Kier molecular flexibility index (Phi) is 6.20. The van der Waals surface area contributed by atoms with Gasteiger partial charge in [0.05, 0.1) is 9.82 Å². The molecule has 34 heavy (non-hydrogen) atoms. The van der Waals surface area contributed by atoms with Crippen molar-refractivity contribution in [3.8, 4) is 22.6 Å². The van der Waals surface area contributed by atoms with Gasteiger partial charge in [0.2, 0.25) is 9.84 Å². The number of carbonyl (C=O) groups excluding carboxylic acids is 1. The van der Waals surface area contributed by atoms with Crippen LogP contribution in [-0.4, -0.2) is 18.5 Å². The van der Waals surface area contributed by atoms with Crippen molar-refractivity contribution >= 4 is 20.6 Å². The van der Waals surface area contributed by atoms with Crippen LogP contribution in [0.4, 0.5) is 10.1 Å². The van der Waals surface area contributed by atoms with Crippen LogP contribution in [0.5, 0.6) is 11.5 Å². The number of ether oxygens (including phenoxy) is 1. The number of para-hydroxylation sites is 1. The summed E-state index contributed by atoms with van der Waals surface area (Å²) in [4.78, 5) is 22.5. The van der Waals surface area contributed by atoms with Gasteiger partial charge in [-0.3, -0.25) is 14.9 Å². The van der Waals surface area contributed by atoms with E-state index in [1.165, 1.54) is 36.4 Å². The van der Waals surface area contributed by atoms with Crippen LogP contribution in [-0.2, 0) is 9.84 Å². The molecule has 0 aliphatic carbocycles. The molecule has 7 nitrogen and oxygen atoms in total. The summed E-state index contributed by atoms with van der Waals surface area (Å²) >= 11 is 0. The van der Waals surface area contributed by atoms with Gasteiger partial charge in [-0.25, -0.2) is 12.8 Å². The first kappa shape index (κ1) is 22.8. The lowest BCUT2D eigenvalue weighted by molar-refractivity contribution is -0.384. The fourth-order valence-electron chi connectivity index (χ4n) is 3.22. The van der Waals surface area contributed by atoms with E-state index in [2.05, 4.69) is 0 Å². The fourth-order valence-corrected chi connectivity index (χ4v) is 4.37. The van der Waals surface area contributed by atoms with Crippen LogP contribution in [0.25, 0.3) is 11.1 Å². The normalized spacial score (nSPS) is 11.1. The maximum atomic E-state index is 13.2. The lowest BCUT2D eigenvalue weighted by Gasteiger charge is -2.12. The third kappa shape index (κ3) is 4.69. The maximum absolute atomic E-state index is 13.2. The van der Waals surface area contributed by atoms with Crippen LogP contribution >= 0.6 is 0 Å². The first-order valence-corrected chi connectivity index (χ1v) is 11.4. The van der Waals surface area contributed by atoms with Crippen molar-refractivity contribution in [3.63, 3.8) is 0 Å². The summed E-state index contributed by atoms with van der Waals surface area (Å²) in [5.74, 6) is 0.547. The predicted octanol–water partition coefficient (Wildman–Crippen LogP) is 5.81. The highest BCUT2D eigenvalue weighted by atomic mass is 32.2. The Bertz CT molecular complexity index is 1470. The Morgan fingerprint density at radius 3 is 2.06 bits per heavy atom. The smallest absolute Gasteiger partial charge is 0.281 e. The molecule has 4 aromatic rings. The fraction of sp³-hybridized carbons (Fsp3) is 0. The van der Waals surface area contributed by atoms with Crippen molar-refractivity contribution < 1.29 is 27.3 Å². The van der Waals surface area contributed by atoms with Crippen LogP contribution in [0.3, 0.4) is 0 Å². The van der Waals surface area contributed by atoms with Gasteiger partial charge in [-0.1, -0.05) is 30.3 Å². The minimum absolute atomic E-state index is 0.0564. The number of nitro groups is 1. The Morgan fingerprint density at radius 2 is 1.44 bits per heavy atom. The van der Waals surface area contributed by atoms with E-state index in [0.717, 1.165) is 24.3 Å². The molecule has 0 heterocycles. The average molecular weight is 477 g/mol. The molecule has 0 saturated heterocycles. The van der Waals surface area contributed by atoms with E-state index in [4.69, 9.17) is 4.74 Å². The topological polar surface area (TPSA) is 104 Å². The van der Waals surface area contributed by atoms with E-state index in [-0.39, 0.29) is 22.0 Å². The predicted molar refractivity (Wildman–Crippen MR) is 123 cm³/mol. The van der Waals surface area contributed by atoms with Crippen molar-refractivity contribution in [2.75, 3.05) is 0 Å². The first-order chi connectivity index (χ1) is 16.3. The summed E-state index contributed by atoms with van der Waals surface area (Å²) in [6, 6.07) is 22.7. The molecule has 0 atom stereocenters. The molecule has 0 radical (unpaired) electrons. The van der Waals surface area contributed by atoms with E-state index in [1.54, 1.807) is 36.4 Å². The third-order valence-electron chi connectivity index (χ3n) is 4.96.